The van der Waals surface area contributed by atoms with Crippen LogP contribution in [-0.2, 0) is 9.47 Å². The van der Waals surface area contributed by atoms with E-state index in [0.29, 0.717) is 11.3 Å². The molecule has 1 saturated carbocycles. The van der Waals surface area contributed by atoms with Crippen LogP contribution in [0.1, 0.15) is 77.7 Å². The highest BCUT2D eigenvalue weighted by atomic mass is 79.9. The van der Waals surface area contributed by atoms with Crippen LogP contribution in [0.2, 0.25) is 0 Å². The Balaban J connectivity index is 1.25. The first-order valence-electron chi connectivity index (χ1n) is 11.7. The van der Waals surface area contributed by atoms with Gasteiger partial charge in [-0.15, -0.1) is 0 Å². The second-order valence-corrected chi connectivity index (χ2v) is 11.2. The molecule has 1 aromatic rings. The number of benzene rings is 1. The molecule has 3 atom stereocenters. The molecule has 0 N–H and O–H groups in total. The molecule has 6 nitrogen and oxygen atoms in total. The van der Waals surface area contributed by atoms with Crippen LogP contribution in [0.3, 0.4) is 0 Å². The van der Waals surface area contributed by atoms with Gasteiger partial charge in [-0.2, -0.15) is 5.26 Å². The Morgan fingerprint density at radius 3 is 2.25 bits per heavy atom. The standard InChI is InChI=1S/C25H33BrN2O4/c1-25(2,3)32-24(29)28-18-5-6-19(28)14-22(13-18)30-20-7-9-21(10-8-20)31-23-11-4-17(26)12-16(23)15-27/h4,11-12,18-22H,5-10,13-14H2,1-3H3/t18-,19+,20-,21-,22-. The number of ether oxygens (including phenoxy) is 3. The molecule has 2 bridgehead atoms. The van der Waals surface area contributed by atoms with E-state index in [9.17, 15) is 10.1 Å². The van der Waals surface area contributed by atoms with E-state index in [1.54, 1.807) is 6.07 Å². The topological polar surface area (TPSA) is 71.8 Å². The van der Waals surface area contributed by atoms with Crippen LogP contribution in [0.4, 0.5) is 4.79 Å². The smallest absolute Gasteiger partial charge is 0.410 e. The van der Waals surface area contributed by atoms with Gasteiger partial charge in [-0.25, -0.2) is 4.79 Å². The van der Waals surface area contributed by atoms with Gasteiger partial charge in [-0.05, 0) is 90.3 Å². The Kier molecular flexibility index (Phi) is 7.02. The van der Waals surface area contributed by atoms with Crippen LogP contribution in [0.15, 0.2) is 22.7 Å². The lowest BCUT2D eigenvalue weighted by atomic mass is 9.93. The summed E-state index contributed by atoms with van der Waals surface area (Å²) in [5, 5.41) is 9.35. The molecular weight excluding hydrogens is 472 g/mol. The lowest BCUT2D eigenvalue weighted by Crippen LogP contribution is -2.50. The molecule has 2 heterocycles. The van der Waals surface area contributed by atoms with Crippen LogP contribution >= 0.6 is 15.9 Å². The molecule has 3 fully saturated rings. The van der Waals surface area contributed by atoms with Gasteiger partial charge < -0.3 is 19.1 Å². The SMILES string of the molecule is CC(C)(C)OC(=O)N1[C@@H]2CC[C@H]1C[C@H](O[C@H]1CC[C@H](Oc3ccc(Br)cc3C#N)CC1)C2. The zero-order chi connectivity index (χ0) is 22.9. The summed E-state index contributed by atoms with van der Waals surface area (Å²) >= 11 is 3.40. The number of carbonyl (C=O) groups is 1. The number of hydrogen-bond acceptors (Lipinski definition) is 5. The van der Waals surface area contributed by atoms with Gasteiger partial charge >= 0.3 is 6.09 Å². The summed E-state index contributed by atoms with van der Waals surface area (Å²) in [5.41, 5.74) is 0.0967. The summed E-state index contributed by atoms with van der Waals surface area (Å²) in [6.07, 6.45) is 8.06. The van der Waals surface area contributed by atoms with Crippen molar-refractivity contribution in [2.45, 2.75) is 108 Å². The van der Waals surface area contributed by atoms with E-state index in [2.05, 4.69) is 22.0 Å². The largest absolute Gasteiger partial charge is 0.489 e. The fourth-order valence-corrected chi connectivity index (χ4v) is 5.64. The molecular formula is C25H33BrN2O4. The van der Waals surface area contributed by atoms with Gasteiger partial charge in [0.15, 0.2) is 0 Å². The van der Waals surface area contributed by atoms with E-state index < -0.39 is 5.60 Å². The summed E-state index contributed by atoms with van der Waals surface area (Å²) < 4.78 is 19.2. The lowest BCUT2D eigenvalue weighted by molar-refractivity contribution is -0.0812. The number of amides is 1. The van der Waals surface area contributed by atoms with E-state index in [1.165, 1.54) is 0 Å². The van der Waals surface area contributed by atoms with Crippen LogP contribution in [0.5, 0.6) is 5.75 Å². The van der Waals surface area contributed by atoms with Gasteiger partial charge in [0.2, 0.25) is 0 Å². The van der Waals surface area contributed by atoms with E-state index >= 15 is 0 Å². The average molecular weight is 505 g/mol. The predicted octanol–water partition coefficient (Wildman–Crippen LogP) is 5.96. The quantitative estimate of drug-likeness (QED) is 0.505. The van der Waals surface area contributed by atoms with Gasteiger partial charge in [-0.1, -0.05) is 15.9 Å². The Hall–Kier alpha value is -1.78. The molecule has 3 aliphatic rings. The number of halogens is 1. The maximum atomic E-state index is 12.6. The number of piperidine rings is 1. The normalized spacial score (nSPS) is 30.0. The zero-order valence-electron chi connectivity index (χ0n) is 19.2. The Morgan fingerprint density at radius 2 is 1.66 bits per heavy atom. The fraction of sp³-hybridized carbons (Fsp3) is 0.680. The molecule has 1 aliphatic carbocycles. The third-order valence-corrected chi connectivity index (χ3v) is 7.15. The van der Waals surface area contributed by atoms with Crippen molar-refractivity contribution in [3.8, 4) is 11.8 Å². The molecule has 4 rings (SSSR count). The van der Waals surface area contributed by atoms with Crippen molar-refractivity contribution < 1.29 is 19.0 Å². The minimum Gasteiger partial charge on any atom is -0.489 e. The summed E-state index contributed by atoms with van der Waals surface area (Å²) in [4.78, 5) is 14.6. The van der Waals surface area contributed by atoms with Crippen molar-refractivity contribution >= 4 is 22.0 Å². The van der Waals surface area contributed by atoms with E-state index in [0.717, 1.165) is 55.8 Å². The average Bonchev–Trinajstić information content (AvgIpc) is 3.00. The summed E-state index contributed by atoms with van der Waals surface area (Å²) in [5.74, 6) is 0.658. The van der Waals surface area contributed by atoms with Crippen molar-refractivity contribution in [1.82, 2.24) is 4.90 Å². The zero-order valence-corrected chi connectivity index (χ0v) is 20.8. The third kappa shape index (κ3) is 5.58. The van der Waals surface area contributed by atoms with Gasteiger partial charge in [0, 0.05) is 16.6 Å². The highest BCUT2D eigenvalue weighted by molar-refractivity contribution is 9.10. The number of fused-ring (bicyclic) bond motifs is 2. The highest BCUT2D eigenvalue weighted by Crippen LogP contribution is 2.39. The van der Waals surface area contributed by atoms with Gasteiger partial charge in [0.1, 0.15) is 17.4 Å². The predicted molar refractivity (Wildman–Crippen MR) is 125 cm³/mol. The molecule has 32 heavy (non-hydrogen) atoms. The van der Waals surface area contributed by atoms with E-state index in [1.807, 2.05) is 37.8 Å². The van der Waals surface area contributed by atoms with Crippen LogP contribution in [-0.4, -0.2) is 47.0 Å². The first-order valence-corrected chi connectivity index (χ1v) is 12.5. The molecule has 0 spiro atoms. The molecule has 1 aromatic carbocycles. The van der Waals surface area contributed by atoms with E-state index in [4.69, 9.17) is 14.2 Å². The summed E-state index contributed by atoms with van der Waals surface area (Å²) in [6, 6.07) is 8.23. The number of hydrogen-bond donors (Lipinski definition) is 0. The molecule has 2 saturated heterocycles. The van der Waals surface area contributed by atoms with Crippen LogP contribution in [0.25, 0.3) is 0 Å². The third-order valence-electron chi connectivity index (χ3n) is 6.66. The number of nitriles is 1. The maximum absolute atomic E-state index is 12.6. The first-order chi connectivity index (χ1) is 15.2. The lowest BCUT2D eigenvalue weighted by Gasteiger charge is -2.41. The van der Waals surface area contributed by atoms with Crippen LogP contribution in [0, 0.1) is 11.3 Å². The van der Waals surface area contributed by atoms with Crippen molar-refractivity contribution in [3.63, 3.8) is 0 Å². The molecule has 0 unspecified atom stereocenters. The van der Waals surface area contributed by atoms with Crippen molar-refractivity contribution in [3.05, 3.63) is 28.2 Å². The second-order valence-electron chi connectivity index (χ2n) is 10.3. The molecule has 2 aliphatic heterocycles. The first kappa shape index (κ1) is 23.4. The number of carbonyl (C=O) groups excluding carboxylic acids is 1. The Morgan fingerprint density at radius 1 is 1.03 bits per heavy atom. The minimum absolute atomic E-state index is 0.119. The fourth-order valence-electron chi connectivity index (χ4n) is 5.28. The molecule has 174 valence electrons. The van der Waals surface area contributed by atoms with Crippen molar-refractivity contribution in [2.75, 3.05) is 0 Å². The van der Waals surface area contributed by atoms with Gasteiger partial charge in [-0.3, -0.25) is 0 Å². The second kappa shape index (κ2) is 9.61. The number of rotatable bonds is 4. The van der Waals surface area contributed by atoms with Crippen LogP contribution < -0.4 is 4.74 Å². The van der Waals surface area contributed by atoms with E-state index in [-0.39, 0.29) is 36.5 Å². The van der Waals surface area contributed by atoms with Crippen molar-refractivity contribution in [2.24, 2.45) is 0 Å². The Labute approximate surface area is 199 Å². The maximum Gasteiger partial charge on any atom is 0.410 e. The van der Waals surface area contributed by atoms with Gasteiger partial charge in [0.05, 0.1) is 23.9 Å². The molecule has 1 amide bonds. The highest BCUT2D eigenvalue weighted by Gasteiger charge is 2.45. The summed E-state index contributed by atoms with van der Waals surface area (Å²) in [7, 11) is 0. The molecule has 7 heteroatoms. The minimum atomic E-state index is -0.463. The van der Waals surface area contributed by atoms with Gasteiger partial charge in [0.25, 0.3) is 0 Å². The summed E-state index contributed by atoms with van der Waals surface area (Å²) in [6.45, 7) is 5.75. The Bertz CT molecular complexity index is 856. The molecule has 0 aromatic heterocycles. The monoisotopic (exact) mass is 504 g/mol. The number of nitrogens with zero attached hydrogens (tertiary/aromatic N) is 2. The molecule has 0 radical (unpaired) electrons. The van der Waals surface area contributed by atoms with Crippen molar-refractivity contribution in [1.29, 1.82) is 5.26 Å².